The standard InChI is InChI=1S/C13H20N2OS/c1-10(2)17-12-8-6-11(7-9-12)4-3-5-13(16)15-14/h6-10H,3-5,14H2,1-2H3,(H,15,16). The van der Waals surface area contributed by atoms with Crippen LogP contribution in [0.2, 0.25) is 0 Å². The zero-order chi connectivity index (χ0) is 12.7. The fourth-order valence-corrected chi connectivity index (χ4v) is 2.37. The number of hydrazine groups is 1. The van der Waals surface area contributed by atoms with Gasteiger partial charge in [0.25, 0.3) is 0 Å². The molecule has 1 rings (SSSR count). The average Bonchev–Trinajstić information content (AvgIpc) is 2.30. The molecule has 3 nitrogen and oxygen atoms in total. The van der Waals surface area contributed by atoms with Crippen LogP contribution in [0.25, 0.3) is 0 Å². The second kappa shape index (κ2) is 7.35. The minimum atomic E-state index is -0.100. The molecule has 17 heavy (non-hydrogen) atoms. The highest BCUT2D eigenvalue weighted by Gasteiger charge is 2.01. The van der Waals surface area contributed by atoms with Gasteiger partial charge in [-0.05, 0) is 30.5 Å². The van der Waals surface area contributed by atoms with Crippen molar-refractivity contribution in [2.45, 2.75) is 43.3 Å². The first-order chi connectivity index (χ1) is 8.11. The summed E-state index contributed by atoms with van der Waals surface area (Å²) in [5.41, 5.74) is 3.41. The maximum absolute atomic E-state index is 10.9. The third kappa shape index (κ3) is 5.75. The lowest BCUT2D eigenvalue weighted by atomic mass is 10.1. The van der Waals surface area contributed by atoms with Gasteiger partial charge in [-0.25, -0.2) is 5.84 Å². The number of carbonyl (C=O) groups is 1. The highest BCUT2D eigenvalue weighted by molar-refractivity contribution is 7.99. The molecule has 0 radical (unpaired) electrons. The minimum Gasteiger partial charge on any atom is -0.294 e. The second-order valence-electron chi connectivity index (χ2n) is 4.23. The van der Waals surface area contributed by atoms with Crippen LogP contribution in [0.5, 0.6) is 0 Å². The molecule has 0 aromatic heterocycles. The van der Waals surface area contributed by atoms with Gasteiger partial charge in [0.1, 0.15) is 0 Å². The molecule has 0 aliphatic rings. The van der Waals surface area contributed by atoms with Gasteiger partial charge in [-0.1, -0.05) is 26.0 Å². The van der Waals surface area contributed by atoms with Crippen LogP contribution in [-0.2, 0) is 11.2 Å². The summed E-state index contributed by atoms with van der Waals surface area (Å²) in [5.74, 6) is 4.92. The summed E-state index contributed by atoms with van der Waals surface area (Å²) in [7, 11) is 0. The lowest BCUT2D eigenvalue weighted by molar-refractivity contribution is -0.121. The van der Waals surface area contributed by atoms with Crippen LogP contribution in [0.15, 0.2) is 29.2 Å². The van der Waals surface area contributed by atoms with Gasteiger partial charge in [-0.15, -0.1) is 11.8 Å². The Bertz CT molecular complexity index is 349. The molecule has 0 fully saturated rings. The quantitative estimate of drug-likeness (QED) is 0.354. The highest BCUT2D eigenvalue weighted by Crippen LogP contribution is 2.23. The normalized spacial score (nSPS) is 10.6. The summed E-state index contributed by atoms with van der Waals surface area (Å²) in [6.45, 7) is 4.37. The largest absolute Gasteiger partial charge is 0.294 e. The van der Waals surface area contributed by atoms with Crippen LogP contribution < -0.4 is 11.3 Å². The van der Waals surface area contributed by atoms with Crippen molar-refractivity contribution < 1.29 is 4.79 Å². The van der Waals surface area contributed by atoms with Gasteiger partial charge in [0, 0.05) is 16.6 Å². The third-order valence-electron chi connectivity index (χ3n) is 2.33. The Labute approximate surface area is 107 Å². The molecular formula is C13H20N2OS. The van der Waals surface area contributed by atoms with Gasteiger partial charge in [0.2, 0.25) is 5.91 Å². The van der Waals surface area contributed by atoms with Crippen LogP contribution in [0.4, 0.5) is 0 Å². The van der Waals surface area contributed by atoms with Gasteiger partial charge < -0.3 is 0 Å². The lowest BCUT2D eigenvalue weighted by Gasteiger charge is -2.06. The monoisotopic (exact) mass is 252 g/mol. The predicted octanol–water partition coefficient (Wildman–Crippen LogP) is 2.50. The predicted molar refractivity (Wildman–Crippen MR) is 72.7 cm³/mol. The first-order valence-corrected chi connectivity index (χ1v) is 6.75. The Morgan fingerprint density at radius 1 is 1.35 bits per heavy atom. The van der Waals surface area contributed by atoms with Crippen molar-refractivity contribution >= 4 is 17.7 Å². The summed E-state index contributed by atoms with van der Waals surface area (Å²) < 4.78 is 0. The maximum atomic E-state index is 10.9. The van der Waals surface area contributed by atoms with E-state index in [0.717, 1.165) is 12.8 Å². The topological polar surface area (TPSA) is 55.1 Å². The summed E-state index contributed by atoms with van der Waals surface area (Å²) in [6, 6.07) is 8.54. The fourth-order valence-electron chi connectivity index (χ4n) is 1.53. The fraction of sp³-hybridized carbons (Fsp3) is 0.462. The number of hydrogen-bond acceptors (Lipinski definition) is 3. The Morgan fingerprint density at radius 3 is 2.53 bits per heavy atom. The van der Waals surface area contributed by atoms with Gasteiger partial charge in [-0.2, -0.15) is 0 Å². The number of thioether (sulfide) groups is 1. The van der Waals surface area contributed by atoms with Crippen molar-refractivity contribution in [3.8, 4) is 0 Å². The number of nitrogens with two attached hydrogens (primary N) is 1. The first kappa shape index (κ1) is 14.1. The van der Waals surface area contributed by atoms with Crippen molar-refractivity contribution in [3.63, 3.8) is 0 Å². The van der Waals surface area contributed by atoms with Crippen LogP contribution in [0.3, 0.4) is 0 Å². The van der Waals surface area contributed by atoms with E-state index in [1.54, 1.807) is 0 Å². The Balaban J connectivity index is 2.37. The van der Waals surface area contributed by atoms with Crippen LogP contribution in [-0.4, -0.2) is 11.2 Å². The Morgan fingerprint density at radius 2 is 2.00 bits per heavy atom. The Kier molecular flexibility index (Phi) is 6.08. The number of nitrogens with one attached hydrogen (secondary N) is 1. The van der Waals surface area contributed by atoms with Crippen molar-refractivity contribution in [1.82, 2.24) is 5.43 Å². The zero-order valence-electron chi connectivity index (χ0n) is 10.4. The number of rotatable bonds is 6. The SMILES string of the molecule is CC(C)Sc1ccc(CCCC(=O)NN)cc1. The van der Waals surface area contributed by atoms with Crippen LogP contribution >= 0.6 is 11.8 Å². The summed E-state index contributed by atoms with van der Waals surface area (Å²) in [4.78, 5) is 12.2. The maximum Gasteiger partial charge on any atom is 0.233 e. The lowest BCUT2D eigenvalue weighted by Crippen LogP contribution is -2.29. The second-order valence-corrected chi connectivity index (χ2v) is 5.88. The number of aryl methyl sites for hydroxylation is 1. The molecule has 0 aliphatic heterocycles. The van der Waals surface area contributed by atoms with E-state index in [1.807, 2.05) is 11.8 Å². The van der Waals surface area contributed by atoms with Crippen LogP contribution in [0.1, 0.15) is 32.3 Å². The molecule has 0 spiro atoms. The van der Waals surface area contributed by atoms with Crippen LogP contribution in [0, 0.1) is 0 Å². The Hall–Kier alpha value is -1.00. The molecule has 4 heteroatoms. The van der Waals surface area contributed by atoms with E-state index in [9.17, 15) is 4.79 Å². The smallest absolute Gasteiger partial charge is 0.233 e. The van der Waals surface area contributed by atoms with E-state index in [4.69, 9.17) is 5.84 Å². The molecule has 0 unspecified atom stereocenters. The molecule has 1 amide bonds. The summed E-state index contributed by atoms with van der Waals surface area (Å²) >= 11 is 1.86. The molecule has 0 aliphatic carbocycles. The van der Waals surface area contributed by atoms with Crippen molar-refractivity contribution in [3.05, 3.63) is 29.8 Å². The van der Waals surface area contributed by atoms with Crippen molar-refractivity contribution in [2.24, 2.45) is 5.84 Å². The van der Waals surface area contributed by atoms with Gasteiger partial charge in [0.05, 0.1) is 0 Å². The molecule has 94 valence electrons. The van der Waals surface area contributed by atoms with E-state index in [2.05, 4.69) is 43.5 Å². The summed E-state index contributed by atoms with van der Waals surface area (Å²) in [6.07, 6.45) is 2.23. The molecule has 0 saturated carbocycles. The summed E-state index contributed by atoms with van der Waals surface area (Å²) in [5, 5.41) is 0.606. The molecule has 0 bridgehead atoms. The first-order valence-electron chi connectivity index (χ1n) is 5.87. The molecule has 3 N–H and O–H groups in total. The van der Waals surface area contributed by atoms with E-state index in [-0.39, 0.29) is 5.91 Å². The van der Waals surface area contributed by atoms with Gasteiger partial charge >= 0.3 is 0 Å². The molecule has 0 saturated heterocycles. The molecule has 0 atom stereocenters. The molecule has 0 heterocycles. The van der Waals surface area contributed by atoms with E-state index in [1.165, 1.54) is 10.5 Å². The zero-order valence-corrected chi connectivity index (χ0v) is 11.2. The van der Waals surface area contributed by atoms with Crippen molar-refractivity contribution in [2.75, 3.05) is 0 Å². The van der Waals surface area contributed by atoms with Gasteiger partial charge in [0.15, 0.2) is 0 Å². The third-order valence-corrected chi connectivity index (χ3v) is 3.34. The van der Waals surface area contributed by atoms with Crippen molar-refractivity contribution in [1.29, 1.82) is 0 Å². The molecular weight excluding hydrogens is 232 g/mol. The number of carbonyl (C=O) groups excluding carboxylic acids is 1. The number of amides is 1. The van der Waals surface area contributed by atoms with E-state index < -0.39 is 0 Å². The van der Waals surface area contributed by atoms with E-state index >= 15 is 0 Å². The number of hydrogen-bond donors (Lipinski definition) is 2. The number of benzene rings is 1. The van der Waals surface area contributed by atoms with Gasteiger partial charge in [-0.3, -0.25) is 10.2 Å². The highest BCUT2D eigenvalue weighted by atomic mass is 32.2. The minimum absolute atomic E-state index is 0.100. The van der Waals surface area contributed by atoms with E-state index in [0.29, 0.717) is 11.7 Å². The average molecular weight is 252 g/mol. The molecule has 1 aromatic carbocycles. The molecule has 1 aromatic rings.